The summed E-state index contributed by atoms with van der Waals surface area (Å²) in [6, 6.07) is 0. The number of ketones is 1. The zero-order chi connectivity index (χ0) is 8.81. The summed E-state index contributed by atoms with van der Waals surface area (Å²) < 4.78 is 0. The van der Waals surface area contributed by atoms with Crippen molar-refractivity contribution in [2.24, 2.45) is 0 Å². The van der Waals surface area contributed by atoms with E-state index < -0.39 is 0 Å². The molecule has 1 aliphatic carbocycles. The lowest BCUT2D eigenvalue weighted by molar-refractivity contribution is -0.114. The minimum Gasteiger partial charge on any atom is -0.295 e. The van der Waals surface area contributed by atoms with Gasteiger partial charge in [0.25, 0.3) is 0 Å². The second kappa shape index (κ2) is 5.13. The Labute approximate surface area is 74.9 Å². The lowest BCUT2D eigenvalue weighted by Crippen LogP contribution is -1.96. The number of hydrogen-bond acceptors (Lipinski definition) is 1. The van der Waals surface area contributed by atoms with Crippen molar-refractivity contribution in [3.63, 3.8) is 0 Å². The molecule has 68 valence electrons. The molecule has 12 heavy (non-hydrogen) atoms. The van der Waals surface area contributed by atoms with Crippen LogP contribution >= 0.6 is 0 Å². The molecule has 1 rings (SSSR count). The fourth-order valence-corrected chi connectivity index (χ4v) is 1.65. The first kappa shape index (κ1) is 9.50. The molecule has 0 heterocycles. The maximum absolute atomic E-state index is 11.2. The monoisotopic (exact) mass is 166 g/mol. The number of rotatable bonds is 0. The Kier molecular flexibility index (Phi) is 4.06. The summed E-state index contributed by atoms with van der Waals surface area (Å²) in [6.07, 6.45) is 9.94. The first-order valence-corrected chi connectivity index (χ1v) is 4.99. The van der Waals surface area contributed by atoms with Crippen LogP contribution in [0.3, 0.4) is 0 Å². The largest absolute Gasteiger partial charge is 0.295 e. The van der Waals surface area contributed by atoms with Crippen molar-refractivity contribution < 1.29 is 4.79 Å². The minimum absolute atomic E-state index is 0.328. The van der Waals surface area contributed by atoms with Crippen LogP contribution in [0.5, 0.6) is 0 Å². The summed E-state index contributed by atoms with van der Waals surface area (Å²) in [5.41, 5.74) is 1.27. The molecule has 0 N–H and O–H groups in total. The van der Waals surface area contributed by atoms with Crippen LogP contribution in [0, 0.1) is 0 Å². The Morgan fingerprint density at radius 1 is 1.00 bits per heavy atom. The Morgan fingerprint density at radius 2 is 1.58 bits per heavy atom. The van der Waals surface area contributed by atoms with Crippen LogP contribution in [0.4, 0.5) is 0 Å². The lowest BCUT2D eigenvalue weighted by Gasteiger charge is -2.05. The summed E-state index contributed by atoms with van der Waals surface area (Å²) >= 11 is 0. The van der Waals surface area contributed by atoms with Crippen LogP contribution in [0.2, 0.25) is 0 Å². The fourth-order valence-electron chi connectivity index (χ4n) is 1.65. The van der Waals surface area contributed by atoms with E-state index in [2.05, 4.69) is 6.92 Å². The molecule has 0 saturated heterocycles. The van der Waals surface area contributed by atoms with Crippen molar-refractivity contribution in [3.8, 4) is 0 Å². The topological polar surface area (TPSA) is 17.1 Å². The molecule has 0 atom stereocenters. The van der Waals surface area contributed by atoms with Gasteiger partial charge >= 0.3 is 0 Å². The van der Waals surface area contributed by atoms with E-state index in [9.17, 15) is 4.79 Å². The van der Waals surface area contributed by atoms with E-state index >= 15 is 0 Å². The maximum atomic E-state index is 11.2. The van der Waals surface area contributed by atoms with Crippen LogP contribution in [-0.4, -0.2) is 5.78 Å². The van der Waals surface area contributed by atoms with Gasteiger partial charge in [0.2, 0.25) is 0 Å². The standard InChI is InChI=1S/C11H18O/c1-10-7-5-3-2-4-6-8-11(12)9-10/h9H,2-8H2,1H3/b10-9+. The van der Waals surface area contributed by atoms with E-state index in [4.69, 9.17) is 0 Å². The highest BCUT2D eigenvalue weighted by Crippen LogP contribution is 2.14. The molecule has 0 aliphatic heterocycles. The van der Waals surface area contributed by atoms with Gasteiger partial charge in [-0.05, 0) is 32.3 Å². The van der Waals surface area contributed by atoms with Gasteiger partial charge in [0.05, 0.1) is 0 Å². The third-order valence-electron chi connectivity index (χ3n) is 2.40. The zero-order valence-electron chi connectivity index (χ0n) is 7.94. The summed E-state index contributed by atoms with van der Waals surface area (Å²) in [5, 5.41) is 0. The SMILES string of the molecule is C/C1=C\C(=O)CCCCCCC1. The van der Waals surface area contributed by atoms with Crippen LogP contribution < -0.4 is 0 Å². The van der Waals surface area contributed by atoms with E-state index in [0.717, 1.165) is 19.3 Å². The van der Waals surface area contributed by atoms with Crippen LogP contribution in [-0.2, 0) is 4.79 Å². The van der Waals surface area contributed by atoms with Crippen LogP contribution in [0.1, 0.15) is 51.9 Å². The van der Waals surface area contributed by atoms with Crippen molar-refractivity contribution in [1.29, 1.82) is 0 Å². The fraction of sp³-hybridized carbons (Fsp3) is 0.727. The number of hydrogen-bond donors (Lipinski definition) is 0. The molecule has 1 aliphatic rings. The molecule has 0 fully saturated rings. The quantitative estimate of drug-likeness (QED) is 0.540. The molecule has 0 aromatic rings. The van der Waals surface area contributed by atoms with Gasteiger partial charge in [-0.25, -0.2) is 0 Å². The maximum Gasteiger partial charge on any atom is 0.155 e. The van der Waals surface area contributed by atoms with Crippen molar-refractivity contribution in [3.05, 3.63) is 11.6 Å². The van der Waals surface area contributed by atoms with Gasteiger partial charge in [0.1, 0.15) is 0 Å². The highest BCUT2D eigenvalue weighted by molar-refractivity contribution is 5.90. The lowest BCUT2D eigenvalue weighted by atomic mass is 10.0. The van der Waals surface area contributed by atoms with E-state index in [1.54, 1.807) is 0 Å². The van der Waals surface area contributed by atoms with Gasteiger partial charge in [-0.3, -0.25) is 4.79 Å². The summed E-state index contributed by atoms with van der Waals surface area (Å²) in [5.74, 6) is 0.328. The number of carbonyl (C=O) groups excluding carboxylic acids is 1. The first-order chi connectivity index (χ1) is 5.79. The van der Waals surface area contributed by atoms with Gasteiger partial charge in [-0.15, -0.1) is 0 Å². The molecule has 0 spiro atoms. The average Bonchev–Trinajstić information content (AvgIpc) is 2.02. The van der Waals surface area contributed by atoms with Gasteiger partial charge in [-0.1, -0.05) is 24.8 Å². The predicted octanol–water partition coefficient (Wildman–Crippen LogP) is 3.25. The molecular weight excluding hydrogens is 148 g/mol. The van der Waals surface area contributed by atoms with Crippen molar-refractivity contribution >= 4 is 5.78 Å². The third kappa shape index (κ3) is 3.70. The highest BCUT2D eigenvalue weighted by Gasteiger charge is 2.02. The van der Waals surface area contributed by atoms with E-state index in [-0.39, 0.29) is 0 Å². The minimum atomic E-state index is 0.328. The second-order valence-corrected chi connectivity index (χ2v) is 3.72. The summed E-state index contributed by atoms with van der Waals surface area (Å²) in [6.45, 7) is 2.07. The van der Waals surface area contributed by atoms with Gasteiger partial charge in [0.15, 0.2) is 5.78 Å². The Hall–Kier alpha value is -0.590. The van der Waals surface area contributed by atoms with E-state index in [1.807, 2.05) is 6.08 Å². The van der Waals surface area contributed by atoms with Crippen LogP contribution in [0.15, 0.2) is 11.6 Å². The molecule has 0 aromatic heterocycles. The smallest absolute Gasteiger partial charge is 0.155 e. The van der Waals surface area contributed by atoms with E-state index in [1.165, 1.54) is 31.3 Å². The number of allylic oxidation sites excluding steroid dienone is 2. The summed E-state index contributed by atoms with van der Waals surface area (Å²) in [7, 11) is 0. The molecule has 0 radical (unpaired) electrons. The predicted molar refractivity (Wildman–Crippen MR) is 51.1 cm³/mol. The molecule has 0 saturated carbocycles. The number of carbonyl (C=O) groups is 1. The first-order valence-electron chi connectivity index (χ1n) is 4.99. The zero-order valence-corrected chi connectivity index (χ0v) is 7.94. The van der Waals surface area contributed by atoms with Gasteiger partial charge in [-0.2, -0.15) is 0 Å². The second-order valence-electron chi connectivity index (χ2n) is 3.72. The van der Waals surface area contributed by atoms with Crippen molar-refractivity contribution in [1.82, 2.24) is 0 Å². The normalized spacial score (nSPS) is 26.1. The van der Waals surface area contributed by atoms with Crippen molar-refractivity contribution in [2.45, 2.75) is 51.9 Å². The Balaban J connectivity index is 2.46. The molecule has 1 heteroatoms. The van der Waals surface area contributed by atoms with E-state index in [0.29, 0.717) is 5.78 Å². The third-order valence-corrected chi connectivity index (χ3v) is 2.40. The van der Waals surface area contributed by atoms with Crippen molar-refractivity contribution in [2.75, 3.05) is 0 Å². The molecular formula is C11H18O. The highest BCUT2D eigenvalue weighted by atomic mass is 16.1. The summed E-state index contributed by atoms with van der Waals surface area (Å²) in [4.78, 5) is 11.2. The van der Waals surface area contributed by atoms with Crippen LogP contribution in [0.25, 0.3) is 0 Å². The molecule has 0 aromatic carbocycles. The molecule has 0 amide bonds. The van der Waals surface area contributed by atoms with Gasteiger partial charge < -0.3 is 0 Å². The Bertz CT molecular complexity index is 179. The molecule has 1 nitrogen and oxygen atoms in total. The Morgan fingerprint density at radius 3 is 2.33 bits per heavy atom. The molecule has 0 bridgehead atoms. The average molecular weight is 166 g/mol. The van der Waals surface area contributed by atoms with Gasteiger partial charge in [0, 0.05) is 6.42 Å². The molecule has 0 unspecified atom stereocenters.